The molecular formula is C18H32ClN3O2. The second-order valence-electron chi connectivity index (χ2n) is 7.44. The molecule has 1 N–H and O–H groups in total. The normalized spacial score (nSPS) is 23.7. The molecule has 0 bridgehead atoms. The molecule has 3 rings (SSSR count). The van der Waals surface area contributed by atoms with Gasteiger partial charge in [0.1, 0.15) is 0 Å². The number of amides is 2. The monoisotopic (exact) mass is 357 g/mol. The molecular weight excluding hydrogens is 326 g/mol. The van der Waals surface area contributed by atoms with Crippen molar-refractivity contribution < 1.29 is 9.59 Å². The van der Waals surface area contributed by atoms with E-state index in [-0.39, 0.29) is 18.3 Å². The predicted octanol–water partition coefficient (Wildman–Crippen LogP) is 2.05. The molecule has 0 aromatic rings. The van der Waals surface area contributed by atoms with E-state index in [0.717, 1.165) is 65.0 Å². The third kappa shape index (κ3) is 5.09. The van der Waals surface area contributed by atoms with Gasteiger partial charge in [-0.2, -0.15) is 0 Å². The average Bonchev–Trinajstić information content (AvgIpc) is 2.96. The fraction of sp³-hybridized carbons (Fsp3) is 0.889. The number of carbonyl (C=O) groups is 2. The summed E-state index contributed by atoms with van der Waals surface area (Å²) in [6.45, 7) is 4.99. The van der Waals surface area contributed by atoms with Gasteiger partial charge in [0.05, 0.1) is 0 Å². The average molecular weight is 358 g/mol. The Morgan fingerprint density at radius 3 is 2.17 bits per heavy atom. The highest BCUT2D eigenvalue weighted by Gasteiger charge is 2.29. The van der Waals surface area contributed by atoms with Crippen LogP contribution in [0.4, 0.5) is 0 Å². The molecule has 3 aliphatic rings. The summed E-state index contributed by atoms with van der Waals surface area (Å²) in [4.78, 5) is 29.2. The van der Waals surface area contributed by atoms with Crippen LogP contribution in [0.3, 0.4) is 0 Å². The van der Waals surface area contributed by atoms with E-state index >= 15 is 0 Å². The number of nitrogens with zero attached hydrogens (tertiary/aromatic N) is 2. The van der Waals surface area contributed by atoms with E-state index in [4.69, 9.17) is 0 Å². The van der Waals surface area contributed by atoms with Crippen molar-refractivity contribution in [1.82, 2.24) is 15.1 Å². The van der Waals surface area contributed by atoms with Crippen LogP contribution in [-0.4, -0.2) is 60.9 Å². The van der Waals surface area contributed by atoms with Crippen LogP contribution in [0.15, 0.2) is 0 Å². The molecule has 2 aliphatic heterocycles. The fourth-order valence-corrected chi connectivity index (χ4v) is 4.30. The second-order valence-corrected chi connectivity index (χ2v) is 7.44. The molecule has 0 spiro atoms. The maximum atomic E-state index is 12.7. The van der Waals surface area contributed by atoms with E-state index in [1.165, 1.54) is 25.7 Å². The molecule has 0 atom stereocenters. The van der Waals surface area contributed by atoms with Gasteiger partial charge in [0.15, 0.2) is 0 Å². The number of hydrogen-bond donors (Lipinski definition) is 1. The summed E-state index contributed by atoms with van der Waals surface area (Å²) in [6.07, 6.45) is 8.58. The zero-order valence-corrected chi connectivity index (χ0v) is 15.5. The maximum Gasteiger partial charge on any atom is 0.225 e. The molecule has 1 aliphatic carbocycles. The smallest absolute Gasteiger partial charge is 0.225 e. The summed E-state index contributed by atoms with van der Waals surface area (Å²) in [6, 6.07) is 0. The van der Waals surface area contributed by atoms with E-state index in [2.05, 4.69) is 5.32 Å². The molecule has 1 saturated carbocycles. The first-order valence-corrected chi connectivity index (χ1v) is 9.51. The Balaban J connectivity index is 0.00000208. The minimum absolute atomic E-state index is 0. The van der Waals surface area contributed by atoms with Gasteiger partial charge in [-0.1, -0.05) is 12.8 Å². The molecule has 2 amide bonds. The summed E-state index contributed by atoms with van der Waals surface area (Å²) < 4.78 is 0. The van der Waals surface area contributed by atoms with Crippen LogP contribution in [0, 0.1) is 11.8 Å². The van der Waals surface area contributed by atoms with Crippen LogP contribution in [0.25, 0.3) is 0 Å². The number of piperidine rings is 1. The zero-order chi connectivity index (χ0) is 16.1. The van der Waals surface area contributed by atoms with Crippen LogP contribution < -0.4 is 5.32 Å². The summed E-state index contributed by atoms with van der Waals surface area (Å²) in [5.41, 5.74) is 0. The minimum atomic E-state index is 0. The van der Waals surface area contributed by atoms with E-state index in [1.807, 2.05) is 9.80 Å². The highest BCUT2D eigenvalue weighted by molar-refractivity contribution is 5.85. The van der Waals surface area contributed by atoms with Crippen LogP contribution in [0.2, 0.25) is 0 Å². The van der Waals surface area contributed by atoms with Crippen LogP contribution in [0.5, 0.6) is 0 Å². The van der Waals surface area contributed by atoms with Crippen LogP contribution in [0.1, 0.15) is 51.4 Å². The van der Waals surface area contributed by atoms with Crippen molar-refractivity contribution in [2.45, 2.75) is 51.4 Å². The standard InChI is InChI=1S/C18H31N3O2.ClH/c22-17(14-15-4-1-2-5-15)20-10-3-11-21(13-12-20)18(23)16-6-8-19-9-7-16;/h15-16,19H,1-14H2;1H. The molecule has 24 heavy (non-hydrogen) atoms. The SMILES string of the molecule is Cl.O=C(CC1CCCC1)N1CCCN(C(=O)C2CCNCC2)CC1. The molecule has 2 saturated heterocycles. The highest BCUT2D eigenvalue weighted by atomic mass is 35.5. The first kappa shape index (κ1) is 19.5. The second kappa shape index (κ2) is 9.62. The Labute approximate surface area is 151 Å². The van der Waals surface area contributed by atoms with Crippen molar-refractivity contribution >= 4 is 24.2 Å². The van der Waals surface area contributed by atoms with Gasteiger partial charge >= 0.3 is 0 Å². The lowest BCUT2D eigenvalue weighted by molar-refractivity contribution is -0.137. The predicted molar refractivity (Wildman–Crippen MR) is 97.2 cm³/mol. The Morgan fingerprint density at radius 2 is 1.46 bits per heavy atom. The van der Waals surface area contributed by atoms with Gasteiger partial charge in [0.2, 0.25) is 11.8 Å². The number of hydrogen-bond acceptors (Lipinski definition) is 3. The van der Waals surface area contributed by atoms with E-state index in [1.54, 1.807) is 0 Å². The zero-order valence-electron chi connectivity index (χ0n) is 14.7. The molecule has 0 unspecified atom stereocenters. The lowest BCUT2D eigenvalue weighted by Crippen LogP contribution is -2.43. The summed E-state index contributed by atoms with van der Waals surface area (Å²) in [5, 5.41) is 3.32. The molecule has 0 aromatic heterocycles. The lowest BCUT2D eigenvalue weighted by Gasteiger charge is -2.29. The van der Waals surface area contributed by atoms with E-state index < -0.39 is 0 Å². The lowest BCUT2D eigenvalue weighted by atomic mass is 9.96. The van der Waals surface area contributed by atoms with Gasteiger partial charge in [-0.05, 0) is 51.1 Å². The Hall–Kier alpha value is -0.810. The summed E-state index contributed by atoms with van der Waals surface area (Å²) in [5.74, 6) is 1.43. The van der Waals surface area contributed by atoms with Crippen LogP contribution >= 0.6 is 12.4 Å². The Bertz CT molecular complexity index is 420. The number of carbonyl (C=O) groups excluding carboxylic acids is 2. The van der Waals surface area contributed by atoms with Gasteiger partial charge < -0.3 is 15.1 Å². The summed E-state index contributed by atoms with van der Waals surface area (Å²) >= 11 is 0. The van der Waals surface area contributed by atoms with Gasteiger partial charge in [-0.15, -0.1) is 12.4 Å². The third-order valence-corrected chi connectivity index (χ3v) is 5.79. The van der Waals surface area contributed by atoms with Gasteiger partial charge in [0.25, 0.3) is 0 Å². The Morgan fingerprint density at radius 1 is 0.833 bits per heavy atom. The molecule has 0 aromatic carbocycles. The van der Waals surface area contributed by atoms with Crippen molar-refractivity contribution in [3.63, 3.8) is 0 Å². The third-order valence-electron chi connectivity index (χ3n) is 5.79. The van der Waals surface area contributed by atoms with Gasteiger partial charge in [-0.25, -0.2) is 0 Å². The first-order valence-electron chi connectivity index (χ1n) is 9.51. The number of halogens is 1. The maximum absolute atomic E-state index is 12.7. The van der Waals surface area contributed by atoms with Crippen molar-refractivity contribution in [3.8, 4) is 0 Å². The molecule has 2 heterocycles. The summed E-state index contributed by atoms with van der Waals surface area (Å²) in [7, 11) is 0. The molecule has 6 heteroatoms. The largest absolute Gasteiger partial charge is 0.341 e. The fourth-order valence-electron chi connectivity index (χ4n) is 4.30. The van der Waals surface area contributed by atoms with E-state index in [9.17, 15) is 9.59 Å². The Kier molecular flexibility index (Phi) is 7.82. The van der Waals surface area contributed by atoms with Crippen molar-refractivity contribution in [2.75, 3.05) is 39.3 Å². The number of rotatable bonds is 3. The van der Waals surface area contributed by atoms with Gasteiger partial charge in [0, 0.05) is 38.5 Å². The topological polar surface area (TPSA) is 52.7 Å². The minimum Gasteiger partial charge on any atom is -0.341 e. The van der Waals surface area contributed by atoms with Crippen molar-refractivity contribution in [3.05, 3.63) is 0 Å². The highest BCUT2D eigenvalue weighted by Crippen LogP contribution is 2.28. The van der Waals surface area contributed by atoms with E-state index in [0.29, 0.717) is 17.7 Å². The van der Waals surface area contributed by atoms with Gasteiger partial charge in [-0.3, -0.25) is 9.59 Å². The van der Waals surface area contributed by atoms with Crippen molar-refractivity contribution in [2.24, 2.45) is 11.8 Å². The van der Waals surface area contributed by atoms with Crippen LogP contribution in [-0.2, 0) is 9.59 Å². The quantitative estimate of drug-likeness (QED) is 0.841. The molecule has 0 radical (unpaired) electrons. The molecule has 5 nitrogen and oxygen atoms in total. The molecule has 138 valence electrons. The molecule has 3 fully saturated rings. The first-order chi connectivity index (χ1) is 11.2. The number of nitrogens with one attached hydrogen (secondary N) is 1. The van der Waals surface area contributed by atoms with Crippen molar-refractivity contribution in [1.29, 1.82) is 0 Å².